The Morgan fingerprint density at radius 1 is 1.41 bits per heavy atom. The molecule has 2 N–H and O–H groups in total. The summed E-state index contributed by atoms with van der Waals surface area (Å²) in [6.45, 7) is 3.58. The maximum Gasteiger partial charge on any atom is 0.305 e. The molecule has 0 aromatic rings. The molecule has 0 aliphatic carbocycles. The highest BCUT2D eigenvalue weighted by Crippen LogP contribution is 2.12. The second-order valence-electron chi connectivity index (χ2n) is 4.64. The topological polar surface area (TPSA) is 92.7 Å². The van der Waals surface area contributed by atoms with Gasteiger partial charge in [-0.3, -0.25) is 4.79 Å². The van der Waals surface area contributed by atoms with E-state index in [9.17, 15) is 13.2 Å². The van der Waals surface area contributed by atoms with Crippen LogP contribution in [0, 0.1) is 5.41 Å². The third-order valence-electron chi connectivity index (χ3n) is 2.22. The fourth-order valence-electron chi connectivity index (χ4n) is 0.942. The molecule has 0 saturated heterocycles. The van der Waals surface area contributed by atoms with Crippen molar-refractivity contribution in [3.8, 4) is 0 Å². The maximum absolute atomic E-state index is 11.5. The number of carbonyl (C=O) groups is 1. The highest BCUT2D eigenvalue weighted by molar-refractivity contribution is 7.89. The molecule has 0 amide bonds. The fourth-order valence-corrected chi connectivity index (χ4v) is 2.22. The molecule has 0 radical (unpaired) electrons. The lowest BCUT2D eigenvalue weighted by molar-refractivity contribution is -0.140. The number of sulfonamides is 1. The van der Waals surface area contributed by atoms with Gasteiger partial charge in [-0.05, 0) is 6.42 Å². The van der Waals surface area contributed by atoms with E-state index in [2.05, 4.69) is 9.46 Å². The highest BCUT2D eigenvalue weighted by Gasteiger charge is 2.20. The zero-order chi connectivity index (χ0) is 13.5. The average molecular weight is 267 g/mol. The van der Waals surface area contributed by atoms with Crippen LogP contribution in [0.4, 0.5) is 0 Å². The molecular weight excluding hydrogens is 246 g/mol. The van der Waals surface area contributed by atoms with Crippen LogP contribution in [0.1, 0.15) is 26.7 Å². The first-order chi connectivity index (χ1) is 7.72. The van der Waals surface area contributed by atoms with Gasteiger partial charge in [0.05, 0.1) is 12.9 Å². The van der Waals surface area contributed by atoms with E-state index in [1.807, 2.05) is 0 Å². The maximum atomic E-state index is 11.5. The van der Waals surface area contributed by atoms with Crippen molar-refractivity contribution >= 4 is 16.0 Å². The quantitative estimate of drug-likeness (QED) is 0.598. The van der Waals surface area contributed by atoms with E-state index < -0.39 is 21.4 Å². The zero-order valence-corrected chi connectivity index (χ0v) is 11.3. The molecule has 0 aromatic heterocycles. The Hall–Kier alpha value is -0.660. The SMILES string of the molecule is COC(=O)CCCS(=O)(=O)NCC(C)(C)CO. The van der Waals surface area contributed by atoms with Gasteiger partial charge in [-0.1, -0.05) is 13.8 Å². The number of aliphatic hydroxyl groups is 1. The molecule has 0 aliphatic rings. The van der Waals surface area contributed by atoms with Crippen molar-refractivity contribution in [3.63, 3.8) is 0 Å². The van der Waals surface area contributed by atoms with Crippen molar-refractivity contribution in [2.24, 2.45) is 5.41 Å². The number of esters is 1. The Kier molecular flexibility index (Phi) is 6.66. The molecule has 0 heterocycles. The zero-order valence-electron chi connectivity index (χ0n) is 10.5. The number of carbonyl (C=O) groups excluding carboxylic acids is 1. The van der Waals surface area contributed by atoms with E-state index in [-0.39, 0.29) is 31.7 Å². The second-order valence-corrected chi connectivity index (χ2v) is 6.57. The van der Waals surface area contributed by atoms with Crippen molar-refractivity contribution in [1.82, 2.24) is 4.72 Å². The molecule has 6 nitrogen and oxygen atoms in total. The number of hydrogen-bond acceptors (Lipinski definition) is 5. The van der Waals surface area contributed by atoms with Crippen LogP contribution in [0.2, 0.25) is 0 Å². The van der Waals surface area contributed by atoms with Crippen LogP contribution < -0.4 is 4.72 Å². The lowest BCUT2D eigenvalue weighted by Crippen LogP contribution is -2.37. The van der Waals surface area contributed by atoms with Gasteiger partial charge in [0.25, 0.3) is 0 Å². The molecule has 17 heavy (non-hydrogen) atoms. The number of ether oxygens (including phenoxy) is 1. The second kappa shape index (κ2) is 6.93. The van der Waals surface area contributed by atoms with Gasteiger partial charge in [-0.2, -0.15) is 0 Å². The minimum atomic E-state index is -3.40. The van der Waals surface area contributed by atoms with E-state index in [0.717, 1.165) is 0 Å². The molecule has 0 bridgehead atoms. The third kappa shape index (κ3) is 8.12. The third-order valence-corrected chi connectivity index (χ3v) is 3.63. The van der Waals surface area contributed by atoms with Crippen molar-refractivity contribution in [2.45, 2.75) is 26.7 Å². The minimum Gasteiger partial charge on any atom is -0.469 e. The Bertz CT molecular complexity index is 337. The standard InChI is InChI=1S/C10H21NO5S/c1-10(2,8-12)7-11-17(14,15)6-4-5-9(13)16-3/h11-12H,4-8H2,1-3H3. The predicted octanol–water partition coefficient (Wildman–Crippen LogP) is -0.122. The summed E-state index contributed by atoms with van der Waals surface area (Å²) < 4.78 is 29.8. The molecule has 0 spiro atoms. The smallest absolute Gasteiger partial charge is 0.305 e. The van der Waals surface area contributed by atoms with Crippen molar-refractivity contribution in [3.05, 3.63) is 0 Å². The Morgan fingerprint density at radius 3 is 2.47 bits per heavy atom. The van der Waals surface area contributed by atoms with Crippen LogP contribution in [0.5, 0.6) is 0 Å². The molecular formula is C10H21NO5S. The lowest BCUT2D eigenvalue weighted by atomic mass is 9.96. The first-order valence-electron chi connectivity index (χ1n) is 5.37. The van der Waals surface area contributed by atoms with Gasteiger partial charge in [0.2, 0.25) is 10.0 Å². The van der Waals surface area contributed by atoms with Crippen LogP contribution in [0.3, 0.4) is 0 Å². The summed E-state index contributed by atoms with van der Waals surface area (Å²) in [6.07, 6.45) is 0.308. The Balaban J connectivity index is 4.01. The van der Waals surface area contributed by atoms with Crippen LogP contribution in [-0.4, -0.2) is 45.5 Å². The number of nitrogens with one attached hydrogen (secondary N) is 1. The number of rotatable bonds is 8. The summed E-state index contributed by atoms with van der Waals surface area (Å²) in [5.41, 5.74) is -0.491. The molecule has 102 valence electrons. The molecule has 7 heteroatoms. The van der Waals surface area contributed by atoms with Crippen molar-refractivity contribution in [2.75, 3.05) is 26.0 Å². The summed E-state index contributed by atoms with van der Waals surface area (Å²) in [6, 6.07) is 0. The van der Waals surface area contributed by atoms with Crippen molar-refractivity contribution < 1.29 is 23.1 Å². The number of methoxy groups -OCH3 is 1. The summed E-state index contributed by atoms with van der Waals surface area (Å²) >= 11 is 0. The van der Waals surface area contributed by atoms with Gasteiger partial charge in [0.15, 0.2) is 0 Å². The molecule has 0 aliphatic heterocycles. The first-order valence-corrected chi connectivity index (χ1v) is 7.03. The van der Waals surface area contributed by atoms with Gasteiger partial charge in [0.1, 0.15) is 0 Å². The van der Waals surface area contributed by atoms with E-state index in [0.29, 0.717) is 0 Å². The molecule has 0 saturated carbocycles. The van der Waals surface area contributed by atoms with E-state index in [1.54, 1.807) is 13.8 Å². The normalized spacial score (nSPS) is 12.5. The Morgan fingerprint density at radius 2 is 2.00 bits per heavy atom. The summed E-state index contributed by atoms with van der Waals surface area (Å²) in [4.78, 5) is 10.8. The van der Waals surface area contributed by atoms with Gasteiger partial charge >= 0.3 is 5.97 Å². The summed E-state index contributed by atoms with van der Waals surface area (Å²) in [5, 5.41) is 8.98. The molecule has 0 rings (SSSR count). The van der Waals surface area contributed by atoms with Gasteiger partial charge in [0, 0.05) is 25.0 Å². The average Bonchev–Trinajstić information content (AvgIpc) is 2.26. The molecule has 0 unspecified atom stereocenters. The van der Waals surface area contributed by atoms with E-state index >= 15 is 0 Å². The van der Waals surface area contributed by atoms with Gasteiger partial charge < -0.3 is 9.84 Å². The van der Waals surface area contributed by atoms with Gasteiger partial charge in [-0.25, -0.2) is 13.1 Å². The highest BCUT2D eigenvalue weighted by atomic mass is 32.2. The minimum absolute atomic E-state index is 0.0841. The van der Waals surface area contributed by atoms with Crippen LogP contribution in [0.25, 0.3) is 0 Å². The fraction of sp³-hybridized carbons (Fsp3) is 0.900. The lowest BCUT2D eigenvalue weighted by Gasteiger charge is -2.21. The molecule has 0 atom stereocenters. The first kappa shape index (κ1) is 16.3. The number of hydrogen-bond donors (Lipinski definition) is 2. The molecule has 0 fully saturated rings. The Labute approximate surface area is 102 Å². The van der Waals surface area contributed by atoms with Crippen molar-refractivity contribution in [1.29, 1.82) is 0 Å². The molecule has 0 aromatic carbocycles. The monoisotopic (exact) mass is 267 g/mol. The largest absolute Gasteiger partial charge is 0.469 e. The van der Waals surface area contributed by atoms with Crippen LogP contribution in [0.15, 0.2) is 0 Å². The van der Waals surface area contributed by atoms with Gasteiger partial charge in [-0.15, -0.1) is 0 Å². The predicted molar refractivity (Wildman–Crippen MR) is 63.9 cm³/mol. The number of aliphatic hydroxyl groups excluding tert-OH is 1. The van der Waals surface area contributed by atoms with Crippen LogP contribution >= 0.6 is 0 Å². The van der Waals surface area contributed by atoms with Crippen LogP contribution in [-0.2, 0) is 19.6 Å². The summed E-state index contributed by atoms with van der Waals surface area (Å²) in [7, 11) is -2.13. The van der Waals surface area contributed by atoms with E-state index in [4.69, 9.17) is 5.11 Å². The van der Waals surface area contributed by atoms with E-state index in [1.165, 1.54) is 7.11 Å². The summed E-state index contributed by atoms with van der Waals surface area (Å²) in [5.74, 6) is -0.542.